The molecule has 0 saturated carbocycles. The van der Waals surface area contributed by atoms with Crippen molar-refractivity contribution in [2.75, 3.05) is 5.75 Å². The fourth-order valence-corrected chi connectivity index (χ4v) is 2.17. The smallest absolute Gasteiger partial charge is 0.270 e. The lowest BCUT2D eigenvalue weighted by Crippen LogP contribution is -2.22. The van der Waals surface area contributed by atoms with Crippen LogP contribution in [0.5, 0.6) is 5.75 Å². The molecule has 0 aromatic heterocycles. The summed E-state index contributed by atoms with van der Waals surface area (Å²) in [5, 5.41) is 39.9. The lowest BCUT2D eigenvalue weighted by Gasteiger charge is -2.18. The quantitative estimate of drug-likeness (QED) is 0.398. The van der Waals surface area contributed by atoms with Gasteiger partial charge in [-0.25, -0.2) is 0 Å². The van der Waals surface area contributed by atoms with Gasteiger partial charge in [0.2, 0.25) is 0 Å². The average molecular weight is 315 g/mol. The van der Waals surface area contributed by atoms with Gasteiger partial charge in [-0.05, 0) is 0 Å². The first-order chi connectivity index (χ1) is 9.77. The summed E-state index contributed by atoms with van der Waals surface area (Å²) in [6.45, 7) is 1.28. The molecule has 8 nitrogen and oxygen atoms in total. The van der Waals surface area contributed by atoms with Crippen molar-refractivity contribution in [3.63, 3.8) is 0 Å². The molecule has 0 radical (unpaired) electrons. The number of nitrogens with zero attached hydrogens (tertiary/aromatic N) is 1. The molecule has 0 heterocycles. The topological polar surface area (TPSA) is 138 Å². The van der Waals surface area contributed by atoms with Crippen molar-refractivity contribution in [1.29, 1.82) is 0 Å². The molecule has 114 valence electrons. The third-order valence-electron chi connectivity index (χ3n) is 2.63. The van der Waals surface area contributed by atoms with Crippen molar-refractivity contribution in [3.8, 4) is 5.75 Å². The number of phenols is 1. The minimum Gasteiger partial charge on any atom is -0.507 e. The Bertz CT molecular complexity index is 575. The van der Waals surface area contributed by atoms with Gasteiger partial charge in [0.25, 0.3) is 5.69 Å². The number of hydrogen-bond donors (Lipinski definition) is 3. The van der Waals surface area contributed by atoms with Crippen LogP contribution in [0, 0.1) is 10.1 Å². The number of aliphatic hydroxyl groups excluding tert-OH is 2. The molecular weight excluding hydrogens is 302 g/mol. The summed E-state index contributed by atoms with van der Waals surface area (Å²) in [6.07, 6.45) is -2.91. The summed E-state index contributed by atoms with van der Waals surface area (Å²) < 4.78 is 0. The van der Waals surface area contributed by atoms with E-state index in [9.17, 15) is 35.0 Å². The van der Waals surface area contributed by atoms with E-state index in [4.69, 9.17) is 0 Å². The first kappa shape index (κ1) is 17.1. The van der Waals surface area contributed by atoms with Crippen molar-refractivity contribution in [3.05, 3.63) is 33.4 Å². The standard InChI is InChI=1S/C12H13NO7S/c1-6(15)21-5-10(16)12(18)9-3-8(13(19)20)2-7(4-14)11(9)17/h2-4,10,12,16-18H,5H2,1H3. The van der Waals surface area contributed by atoms with Gasteiger partial charge in [0.1, 0.15) is 11.9 Å². The van der Waals surface area contributed by atoms with E-state index >= 15 is 0 Å². The van der Waals surface area contributed by atoms with Crippen LogP contribution < -0.4 is 0 Å². The second kappa shape index (κ2) is 7.16. The van der Waals surface area contributed by atoms with Crippen LogP contribution in [-0.4, -0.2) is 43.5 Å². The highest BCUT2D eigenvalue weighted by molar-refractivity contribution is 8.13. The lowest BCUT2D eigenvalue weighted by atomic mass is 10.0. The largest absolute Gasteiger partial charge is 0.507 e. The maximum absolute atomic E-state index is 10.8. The molecule has 0 bridgehead atoms. The zero-order valence-electron chi connectivity index (χ0n) is 10.9. The zero-order chi connectivity index (χ0) is 16.2. The number of phenolic OH excluding ortho intramolecular Hbond substituents is 1. The molecule has 0 spiro atoms. The van der Waals surface area contributed by atoms with Gasteiger partial charge in [0.15, 0.2) is 11.4 Å². The highest BCUT2D eigenvalue weighted by atomic mass is 32.2. The monoisotopic (exact) mass is 315 g/mol. The summed E-state index contributed by atoms with van der Waals surface area (Å²) in [4.78, 5) is 31.6. The molecule has 1 aromatic rings. The van der Waals surface area contributed by atoms with Crippen LogP contribution in [0.2, 0.25) is 0 Å². The third kappa shape index (κ3) is 4.25. The molecule has 0 aliphatic heterocycles. The average Bonchev–Trinajstić information content (AvgIpc) is 2.43. The van der Waals surface area contributed by atoms with Crippen molar-refractivity contribution in [2.24, 2.45) is 0 Å². The van der Waals surface area contributed by atoms with Crippen LogP contribution in [0.3, 0.4) is 0 Å². The van der Waals surface area contributed by atoms with Crippen molar-refractivity contribution >= 4 is 28.9 Å². The van der Waals surface area contributed by atoms with Gasteiger partial charge in [-0.3, -0.25) is 19.7 Å². The molecular formula is C12H13NO7S. The van der Waals surface area contributed by atoms with E-state index in [2.05, 4.69) is 0 Å². The molecule has 0 aliphatic carbocycles. The minimum atomic E-state index is -1.67. The number of rotatable bonds is 6. The maximum atomic E-state index is 10.8. The number of aldehydes is 1. The number of aliphatic hydroxyl groups is 2. The van der Waals surface area contributed by atoms with Gasteiger partial charge >= 0.3 is 0 Å². The Morgan fingerprint density at radius 1 is 1.48 bits per heavy atom. The molecule has 0 amide bonds. The van der Waals surface area contributed by atoms with Crippen molar-refractivity contribution < 1.29 is 29.8 Å². The molecule has 0 saturated heterocycles. The number of hydrogen-bond acceptors (Lipinski definition) is 8. The summed E-state index contributed by atoms with van der Waals surface area (Å²) in [5.41, 5.74) is -1.22. The van der Waals surface area contributed by atoms with E-state index in [0.29, 0.717) is 0 Å². The number of nitro benzene ring substituents is 1. The first-order valence-electron chi connectivity index (χ1n) is 5.74. The summed E-state index contributed by atoms with van der Waals surface area (Å²) in [7, 11) is 0. The van der Waals surface area contributed by atoms with Crippen LogP contribution in [0.15, 0.2) is 12.1 Å². The predicted molar refractivity (Wildman–Crippen MR) is 74.3 cm³/mol. The predicted octanol–water partition coefficient (Wildman–Crippen LogP) is 0.787. The highest BCUT2D eigenvalue weighted by Crippen LogP contribution is 2.33. The lowest BCUT2D eigenvalue weighted by molar-refractivity contribution is -0.385. The van der Waals surface area contributed by atoms with Crippen LogP contribution in [0.25, 0.3) is 0 Å². The van der Waals surface area contributed by atoms with E-state index in [0.717, 1.165) is 23.9 Å². The van der Waals surface area contributed by atoms with Gasteiger partial charge in [0, 0.05) is 30.4 Å². The summed E-state index contributed by atoms with van der Waals surface area (Å²) in [5.74, 6) is -0.801. The summed E-state index contributed by atoms with van der Waals surface area (Å²) >= 11 is 0.755. The third-order valence-corrected chi connectivity index (χ3v) is 3.55. The molecule has 21 heavy (non-hydrogen) atoms. The fourth-order valence-electron chi connectivity index (χ4n) is 1.59. The number of carbonyl (C=O) groups is 2. The van der Waals surface area contributed by atoms with E-state index in [1.54, 1.807) is 0 Å². The SMILES string of the molecule is CC(=O)SCC(O)C(O)c1cc([N+](=O)[O-])cc(C=O)c1O. The second-order valence-corrected chi connectivity index (χ2v) is 5.36. The number of non-ortho nitro benzene ring substituents is 1. The molecule has 1 aromatic carbocycles. The Morgan fingerprint density at radius 2 is 2.10 bits per heavy atom. The van der Waals surface area contributed by atoms with Gasteiger partial charge in [0.05, 0.1) is 16.6 Å². The summed E-state index contributed by atoms with van der Waals surface area (Å²) in [6, 6.07) is 1.73. The van der Waals surface area contributed by atoms with Gasteiger partial charge in [-0.2, -0.15) is 0 Å². The molecule has 3 N–H and O–H groups in total. The fraction of sp³-hybridized carbons (Fsp3) is 0.333. The van der Waals surface area contributed by atoms with E-state index in [-0.39, 0.29) is 28.3 Å². The van der Waals surface area contributed by atoms with Crippen LogP contribution in [0.4, 0.5) is 5.69 Å². The molecule has 0 aliphatic rings. The number of aromatic hydroxyl groups is 1. The molecule has 1 rings (SSSR count). The Labute approximate surface area is 123 Å². The van der Waals surface area contributed by atoms with Gasteiger partial charge in [-0.1, -0.05) is 11.8 Å². The highest BCUT2D eigenvalue weighted by Gasteiger charge is 2.26. The van der Waals surface area contributed by atoms with Gasteiger partial charge < -0.3 is 15.3 Å². The number of nitro groups is 1. The Hall–Kier alpha value is -1.97. The molecule has 2 atom stereocenters. The second-order valence-electron chi connectivity index (χ2n) is 4.16. The van der Waals surface area contributed by atoms with E-state index in [1.807, 2.05) is 0 Å². The van der Waals surface area contributed by atoms with E-state index in [1.165, 1.54) is 6.92 Å². The zero-order valence-corrected chi connectivity index (χ0v) is 11.7. The normalized spacial score (nSPS) is 13.5. The number of benzene rings is 1. The van der Waals surface area contributed by atoms with E-state index < -0.39 is 28.6 Å². The Kier molecular flexibility index (Phi) is 5.82. The molecule has 0 fully saturated rings. The molecule has 9 heteroatoms. The van der Waals surface area contributed by atoms with Gasteiger partial charge in [-0.15, -0.1) is 0 Å². The maximum Gasteiger partial charge on any atom is 0.270 e. The Morgan fingerprint density at radius 3 is 2.57 bits per heavy atom. The first-order valence-corrected chi connectivity index (χ1v) is 6.72. The minimum absolute atomic E-state index is 0.158. The Balaban J connectivity index is 3.15. The number of carbonyl (C=O) groups excluding carboxylic acids is 2. The molecule has 2 unspecified atom stereocenters. The number of thioether (sulfide) groups is 1. The van der Waals surface area contributed by atoms with Crippen LogP contribution >= 0.6 is 11.8 Å². The van der Waals surface area contributed by atoms with Crippen LogP contribution in [0.1, 0.15) is 28.9 Å². The van der Waals surface area contributed by atoms with Crippen molar-refractivity contribution in [2.45, 2.75) is 19.1 Å². The van der Waals surface area contributed by atoms with Crippen LogP contribution in [-0.2, 0) is 4.79 Å². The van der Waals surface area contributed by atoms with Crippen molar-refractivity contribution in [1.82, 2.24) is 0 Å².